The average Bonchev–Trinajstić information content (AvgIpc) is 2.33. The third kappa shape index (κ3) is 2.22. The lowest BCUT2D eigenvalue weighted by Gasteiger charge is -2.08. The van der Waals surface area contributed by atoms with Crippen molar-refractivity contribution in [1.29, 1.82) is 0 Å². The fourth-order valence-electron chi connectivity index (χ4n) is 1.73. The van der Waals surface area contributed by atoms with Gasteiger partial charge in [-0.25, -0.2) is 13.6 Å². The molecule has 2 nitrogen and oxygen atoms in total. The van der Waals surface area contributed by atoms with Crippen molar-refractivity contribution >= 4 is 5.97 Å². The molecule has 0 spiro atoms. The van der Waals surface area contributed by atoms with Crippen molar-refractivity contribution in [3.63, 3.8) is 0 Å². The highest BCUT2D eigenvalue weighted by molar-refractivity contribution is 5.96. The van der Waals surface area contributed by atoms with Crippen molar-refractivity contribution in [1.82, 2.24) is 0 Å². The highest BCUT2D eigenvalue weighted by Gasteiger charge is 2.14. The van der Waals surface area contributed by atoms with E-state index >= 15 is 0 Å². The van der Waals surface area contributed by atoms with E-state index in [1.807, 2.05) is 0 Å². The molecule has 2 aromatic carbocycles. The zero-order valence-electron chi connectivity index (χ0n) is 9.58. The molecule has 2 aromatic rings. The van der Waals surface area contributed by atoms with E-state index in [1.165, 1.54) is 37.3 Å². The summed E-state index contributed by atoms with van der Waals surface area (Å²) in [4.78, 5) is 11.1. The minimum Gasteiger partial charge on any atom is -0.478 e. The lowest BCUT2D eigenvalue weighted by atomic mass is 9.97. The van der Waals surface area contributed by atoms with E-state index in [9.17, 15) is 13.6 Å². The van der Waals surface area contributed by atoms with E-state index in [1.54, 1.807) is 0 Å². The summed E-state index contributed by atoms with van der Waals surface area (Å²) in [5.41, 5.74) is 0.970. The number of carboxylic acids is 1. The number of carboxylic acid groups (broad SMARTS) is 1. The molecule has 0 heterocycles. The molecular formula is C14H10F2O2. The van der Waals surface area contributed by atoms with Gasteiger partial charge < -0.3 is 5.11 Å². The third-order valence-electron chi connectivity index (χ3n) is 2.68. The van der Waals surface area contributed by atoms with Gasteiger partial charge in [0.2, 0.25) is 0 Å². The number of rotatable bonds is 2. The molecule has 0 atom stereocenters. The second-order valence-electron chi connectivity index (χ2n) is 3.96. The number of halogens is 2. The summed E-state index contributed by atoms with van der Waals surface area (Å²) in [6, 6.07) is 7.69. The van der Waals surface area contributed by atoms with Gasteiger partial charge in [-0.3, -0.25) is 0 Å². The highest BCUT2D eigenvalue weighted by Crippen LogP contribution is 2.26. The maximum absolute atomic E-state index is 13.5. The number of aromatic carboxylic acids is 1. The summed E-state index contributed by atoms with van der Waals surface area (Å²) in [7, 11) is 0. The summed E-state index contributed by atoms with van der Waals surface area (Å²) in [6.07, 6.45) is 0. The van der Waals surface area contributed by atoms with E-state index in [-0.39, 0.29) is 16.7 Å². The Hall–Kier alpha value is -2.23. The largest absolute Gasteiger partial charge is 0.478 e. The van der Waals surface area contributed by atoms with Gasteiger partial charge in [-0.05, 0) is 47.9 Å². The second-order valence-corrected chi connectivity index (χ2v) is 3.96. The lowest BCUT2D eigenvalue weighted by Crippen LogP contribution is -2.02. The van der Waals surface area contributed by atoms with Gasteiger partial charge >= 0.3 is 5.97 Å². The molecule has 0 aromatic heterocycles. The van der Waals surface area contributed by atoms with Crippen molar-refractivity contribution in [2.45, 2.75) is 6.92 Å². The zero-order chi connectivity index (χ0) is 13.3. The maximum Gasteiger partial charge on any atom is 0.336 e. The van der Waals surface area contributed by atoms with Crippen LogP contribution in [0.1, 0.15) is 15.9 Å². The number of hydrogen-bond acceptors (Lipinski definition) is 1. The van der Waals surface area contributed by atoms with Crippen LogP contribution in [0.5, 0.6) is 0 Å². The minimum atomic E-state index is -1.14. The van der Waals surface area contributed by atoms with Crippen LogP contribution in [-0.4, -0.2) is 11.1 Å². The van der Waals surface area contributed by atoms with Crippen LogP contribution in [0.3, 0.4) is 0 Å². The van der Waals surface area contributed by atoms with Gasteiger partial charge in [0, 0.05) is 0 Å². The maximum atomic E-state index is 13.5. The van der Waals surface area contributed by atoms with Gasteiger partial charge in [-0.2, -0.15) is 0 Å². The molecule has 4 heteroatoms. The van der Waals surface area contributed by atoms with Crippen molar-refractivity contribution in [3.8, 4) is 11.1 Å². The molecule has 0 unspecified atom stereocenters. The van der Waals surface area contributed by atoms with Gasteiger partial charge in [-0.1, -0.05) is 12.1 Å². The number of benzene rings is 2. The monoisotopic (exact) mass is 248 g/mol. The fraction of sp³-hybridized carbons (Fsp3) is 0.0714. The molecule has 0 amide bonds. The lowest BCUT2D eigenvalue weighted by molar-refractivity contribution is 0.0697. The Morgan fingerprint density at radius 3 is 2.28 bits per heavy atom. The third-order valence-corrected chi connectivity index (χ3v) is 2.68. The highest BCUT2D eigenvalue weighted by atomic mass is 19.1. The predicted octanol–water partition coefficient (Wildman–Crippen LogP) is 3.64. The molecule has 0 saturated carbocycles. The Morgan fingerprint density at radius 1 is 1.11 bits per heavy atom. The molecule has 2 rings (SSSR count). The Labute approximate surface area is 103 Å². The molecule has 0 aliphatic carbocycles. The summed E-state index contributed by atoms with van der Waals surface area (Å²) >= 11 is 0. The van der Waals surface area contributed by atoms with Gasteiger partial charge in [0.25, 0.3) is 0 Å². The van der Waals surface area contributed by atoms with E-state index in [0.29, 0.717) is 5.56 Å². The average molecular weight is 248 g/mol. The Bertz CT molecular complexity index is 604. The van der Waals surface area contributed by atoms with Crippen LogP contribution in [0, 0.1) is 18.6 Å². The molecule has 0 fully saturated rings. The molecule has 0 aliphatic heterocycles. The first kappa shape index (κ1) is 12.2. The standard InChI is InChI=1S/C14H10F2O2/c1-8-6-12(14(17)18)11(7-13(8)16)9-2-4-10(15)5-3-9/h2-7H,1H3,(H,17,18). The van der Waals surface area contributed by atoms with Crippen LogP contribution in [0.25, 0.3) is 11.1 Å². The van der Waals surface area contributed by atoms with Crippen molar-refractivity contribution in [2.24, 2.45) is 0 Å². The normalized spacial score (nSPS) is 10.4. The topological polar surface area (TPSA) is 37.3 Å². The molecular weight excluding hydrogens is 238 g/mol. The fourth-order valence-corrected chi connectivity index (χ4v) is 1.73. The summed E-state index contributed by atoms with van der Waals surface area (Å²) < 4.78 is 26.3. The molecule has 0 bridgehead atoms. The van der Waals surface area contributed by atoms with Crippen molar-refractivity contribution < 1.29 is 18.7 Å². The number of aryl methyl sites for hydroxylation is 1. The quantitative estimate of drug-likeness (QED) is 0.880. The Balaban J connectivity index is 2.65. The first-order valence-corrected chi connectivity index (χ1v) is 5.28. The molecule has 0 aliphatic rings. The van der Waals surface area contributed by atoms with Crippen LogP contribution < -0.4 is 0 Å². The second kappa shape index (κ2) is 4.56. The first-order valence-electron chi connectivity index (χ1n) is 5.28. The van der Waals surface area contributed by atoms with Gasteiger partial charge in [-0.15, -0.1) is 0 Å². The summed E-state index contributed by atoms with van der Waals surface area (Å²) in [5, 5.41) is 9.10. The van der Waals surface area contributed by atoms with E-state index in [2.05, 4.69) is 0 Å². The predicted molar refractivity (Wildman–Crippen MR) is 63.5 cm³/mol. The van der Waals surface area contributed by atoms with Gasteiger partial charge in [0.1, 0.15) is 11.6 Å². The zero-order valence-corrected chi connectivity index (χ0v) is 9.58. The number of carbonyl (C=O) groups is 1. The molecule has 0 radical (unpaired) electrons. The Morgan fingerprint density at radius 2 is 1.72 bits per heavy atom. The molecule has 1 N–H and O–H groups in total. The molecule has 18 heavy (non-hydrogen) atoms. The minimum absolute atomic E-state index is 0.000471. The van der Waals surface area contributed by atoms with Crippen LogP contribution in [0.2, 0.25) is 0 Å². The van der Waals surface area contributed by atoms with Crippen LogP contribution in [0.15, 0.2) is 36.4 Å². The van der Waals surface area contributed by atoms with Crippen molar-refractivity contribution in [3.05, 3.63) is 59.2 Å². The van der Waals surface area contributed by atoms with Crippen LogP contribution in [0.4, 0.5) is 8.78 Å². The van der Waals surface area contributed by atoms with Gasteiger partial charge in [0.15, 0.2) is 0 Å². The Kier molecular flexibility index (Phi) is 3.10. The van der Waals surface area contributed by atoms with E-state index < -0.39 is 17.6 Å². The SMILES string of the molecule is Cc1cc(C(=O)O)c(-c2ccc(F)cc2)cc1F. The smallest absolute Gasteiger partial charge is 0.336 e. The summed E-state index contributed by atoms with van der Waals surface area (Å²) in [6.45, 7) is 1.50. The summed E-state index contributed by atoms with van der Waals surface area (Å²) in [5.74, 6) is -2.06. The molecule has 92 valence electrons. The number of hydrogen-bond donors (Lipinski definition) is 1. The first-order chi connectivity index (χ1) is 8.49. The molecule has 0 saturated heterocycles. The van der Waals surface area contributed by atoms with Gasteiger partial charge in [0.05, 0.1) is 5.56 Å². The van der Waals surface area contributed by atoms with Crippen molar-refractivity contribution in [2.75, 3.05) is 0 Å². The van der Waals surface area contributed by atoms with Crippen LogP contribution in [-0.2, 0) is 0 Å². The van der Waals surface area contributed by atoms with E-state index in [4.69, 9.17) is 5.11 Å². The van der Waals surface area contributed by atoms with Crippen LogP contribution >= 0.6 is 0 Å². The van der Waals surface area contributed by atoms with E-state index in [0.717, 1.165) is 6.07 Å².